The Hall–Kier alpha value is -3.66. The molecule has 194 valence electrons. The number of ketones is 1. The summed E-state index contributed by atoms with van der Waals surface area (Å²) in [5, 5.41) is 9.63. The van der Waals surface area contributed by atoms with Crippen LogP contribution in [0, 0.1) is 17.8 Å². The number of amides is 2. The number of anilines is 3. The number of methoxy groups -OCH3 is 1. The molecule has 0 spiro atoms. The van der Waals surface area contributed by atoms with Gasteiger partial charge in [0, 0.05) is 25.4 Å². The highest BCUT2D eigenvalue weighted by atomic mass is 35.5. The third-order valence-corrected chi connectivity index (χ3v) is 7.69. The standard InChI is InChI=1S/C26H29ClN6O4/c1-12(34)30-16-7-5-13-6-8-18(23(37-2)20(13)19(35)10-16)31-26-29-11-17(27)25(33-26)32-22-15-4-3-14(9-15)21(22)24(28)36/h3-4,6,8,11,14-16,21-22H,5,7,9-10H2,1-2H3,(H2,28,36)(H,30,34)(H2,29,31,32,33)/t14-,15+,16+,21+,22-/m1/s1. The lowest BCUT2D eigenvalue weighted by Crippen LogP contribution is -2.41. The van der Waals surface area contributed by atoms with E-state index in [4.69, 9.17) is 22.1 Å². The maximum atomic E-state index is 13.2. The second-order valence-electron chi connectivity index (χ2n) is 9.81. The number of benzene rings is 1. The zero-order valence-electron chi connectivity index (χ0n) is 20.6. The smallest absolute Gasteiger partial charge is 0.229 e. The zero-order valence-corrected chi connectivity index (χ0v) is 21.3. The molecule has 10 nitrogen and oxygen atoms in total. The van der Waals surface area contributed by atoms with Gasteiger partial charge in [-0.2, -0.15) is 4.98 Å². The van der Waals surface area contributed by atoms with Crippen molar-refractivity contribution in [2.75, 3.05) is 17.7 Å². The Labute approximate surface area is 219 Å². The molecule has 1 aromatic carbocycles. The van der Waals surface area contributed by atoms with E-state index in [1.54, 1.807) is 0 Å². The Morgan fingerprint density at radius 1 is 1.22 bits per heavy atom. The van der Waals surface area contributed by atoms with Crippen molar-refractivity contribution >= 4 is 46.7 Å². The van der Waals surface area contributed by atoms with E-state index in [0.29, 0.717) is 40.7 Å². The first-order valence-corrected chi connectivity index (χ1v) is 12.7. The predicted octanol–water partition coefficient (Wildman–Crippen LogP) is 2.99. The summed E-state index contributed by atoms with van der Waals surface area (Å²) in [4.78, 5) is 45.6. The fraction of sp³-hybridized carbons (Fsp3) is 0.423. The Morgan fingerprint density at radius 3 is 2.73 bits per heavy atom. The number of hydrogen-bond acceptors (Lipinski definition) is 8. The van der Waals surface area contributed by atoms with Crippen molar-refractivity contribution in [3.05, 3.63) is 46.6 Å². The minimum Gasteiger partial charge on any atom is -0.494 e. The van der Waals surface area contributed by atoms with Gasteiger partial charge in [0.1, 0.15) is 5.02 Å². The SMILES string of the molecule is COc1c(Nc2ncc(Cl)c(N[C@H]3[C@@H](C(N)=O)[C@@H]4C=C[C@H]3C4)n2)ccc2c1C(=O)C[C@@H](NC(C)=O)CC2. The summed E-state index contributed by atoms with van der Waals surface area (Å²) in [5.74, 6) is 0.361. The number of carbonyl (C=O) groups excluding carboxylic acids is 3. The number of nitrogens with two attached hydrogens (primary N) is 1. The molecule has 3 aliphatic rings. The zero-order chi connectivity index (χ0) is 26.3. The maximum Gasteiger partial charge on any atom is 0.229 e. The molecule has 11 heteroatoms. The van der Waals surface area contributed by atoms with Crippen molar-refractivity contribution in [1.29, 1.82) is 0 Å². The summed E-state index contributed by atoms with van der Waals surface area (Å²) in [6, 6.07) is 3.27. The predicted molar refractivity (Wildman–Crippen MR) is 139 cm³/mol. The molecule has 5 atom stereocenters. The number of rotatable bonds is 7. The molecule has 5 rings (SSSR count). The van der Waals surface area contributed by atoms with Crippen LogP contribution in [-0.2, 0) is 16.0 Å². The Morgan fingerprint density at radius 2 is 2.00 bits per heavy atom. The Balaban J connectivity index is 1.40. The van der Waals surface area contributed by atoms with Gasteiger partial charge in [-0.15, -0.1) is 0 Å². The molecule has 5 N–H and O–H groups in total. The molecule has 3 aliphatic carbocycles. The molecule has 0 saturated heterocycles. The largest absolute Gasteiger partial charge is 0.494 e. The highest BCUT2D eigenvalue weighted by Gasteiger charge is 2.47. The molecule has 1 heterocycles. The lowest BCUT2D eigenvalue weighted by molar-refractivity contribution is -0.122. The number of halogens is 1. The van der Waals surface area contributed by atoms with E-state index < -0.39 is 0 Å². The monoisotopic (exact) mass is 524 g/mol. The van der Waals surface area contributed by atoms with E-state index in [-0.39, 0.29) is 59.8 Å². The van der Waals surface area contributed by atoms with Gasteiger partial charge >= 0.3 is 0 Å². The Kier molecular flexibility index (Phi) is 6.76. The summed E-state index contributed by atoms with van der Waals surface area (Å²) < 4.78 is 5.67. The maximum absolute atomic E-state index is 13.2. The number of nitrogens with zero attached hydrogens (tertiary/aromatic N) is 2. The van der Waals surface area contributed by atoms with Crippen molar-refractivity contribution in [1.82, 2.24) is 15.3 Å². The number of fused-ring (bicyclic) bond motifs is 3. The quantitative estimate of drug-likeness (QED) is 0.319. The minimum absolute atomic E-state index is 0.104. The molecular weight excluding hydrogens is 496 g/mol. The summed E-state index contributed by atoms with van der Waals surface area (Å²) in [7, 11) is 1.51. The summed E-state index contributed by atoms with van der Waals surface area (Å²) in [6.07, 6.45) is 7.97. The molecule has 0 radical (unpaired) electrons. The van der Waals surface area contributed by atoms with Crippen LogP contribution in [-0.4, -0.2) is 46.8 Å². The average Bonchev–Trinajstić information content (AvgIpc) is 3.42. The average molecular weight is 525 g/mol. The van der Waals surface area contributed by atoms with Gasteiger partial charge in [0.15, 0.2) is 17.4 Å². The van der Waals surface area contributed by atoms with E-state index in [9.17, 15) is 14.4 Å². The molecule has 37 heavy (non-hydrogen) atoms. The number of Topliss-reactive ketones (excluding diaryl/α,β-unsaturated/α-hetero) is 1. The second-order valence-corrected chi connectivity index (χ2v) is 10.2. The van der Waals surface area contributed by atoms with Crippen LogP contribution in [0.15, 0.2) is 30.5 Å². The first kappa shape index (κ1) is 25.0. The number of carbonyl (C=O) groups is 3. The van der Waals surface area contributed by atoms with Gasteiger partial charge in [0.2, 0.25) is 17.8 Å². The Bertz CT molecular complexity index is 1300. The van der Waals surface area contributed by atoms with Gasteiger partial charge in [0.25, 0.3) is 0 Å². The number of aryl methyl sites for hydroxylation is 1. The van der Waals surface area contributed by atoms with Crippen LogP contribution in [0.1, 0.15) is 42.1 Å². The van der Waals surface area contributed by atoms with Crippen molar-refractivity contribution in [3.63, 3.8) is 0 Å². The van der Waals surface area contributed by atoms with Crippen molar-refractivity contribution in [2.24, 2.45) is 23.5 Å². The molecule has 1 fully saturated rings. The van der Waals surface area contributed by atoms with E-state index in [1.807, 2.05) is 12.1 Å². The number of allylic oxidation sites excluding steroid dienone is 1. The third kappa shape index (κ3) is 4.85. The molecule has 1 saturated carbocycles. The topological polar surface area (TPSA) is 148 Å². The van der Waals surface area contributed by atoms with Gasteiger partial charge < -0.3 is 26.4 Å². The summed E-state index contributed by atoms with van der Waals surface area (Å²) in [6.45, 7) is 1.45. The minimum atomic E-state index is -0.349. The third-order valence-electron chi connectivity index (χ3n) is 7.41. The molecule has 0 aliphatic heterocycles. The van der Waals surface area contributed by atoms with Crippen molar-refractivity contribution < 1.29 is 19.1 Å². The van der Waals surface area contributed by atoms with Crippen LogP contribution in [0.3, 0.4) is 0 Å². The molecule has 2 amide bonds. The van der Waals surface area contributed by atoms with Gasteiger partial charge in [0.05, 0.1) is 30.5 Å². The molecule has 2 bridgehead atoms. The molecule has 0 unspecified atom stereocenters. The number of primary amides is 1. The van der Waals surface area contributed by atoms with E-state index in [0.717, 1.165) is 12.0 Å². The molecule has 2 aromatic rings. The lowest BCUT2D eigenvalue weighted by Gasteiger charge is -2.27. The van der Waals surface area contributed by atoms with E-state index in [2.05, 4.69) is 38.1 Å². The van der Waals surface area contributed by atoms with Crippen LogP contribution >= 0.6 is 11.6 Å². The first-order chi connectivity index (χ1) is 17.7. The molecular formula is C26H29ClN6O4. The van der Waals surface area contributed by atoms with Crippen LogP contribution < -0.4 is 26.4 Å². The van der Waals surface area contributed by atoms with Crippen LogP contribution in [0.25, 0.3) is 0 Å². The van der Waals surface area contributed by atoms with Crippen LogP contribution in [0.2, 0.25) is 5.02 Å². The fourth-order valence-electron chi connectivity index (χ4n) is 5.83. The highest BCUT2D eigenvalue weighted by molar-refractivity contribution is 6.32. The van der Waals surface area contributed by atoms with Gasteiger partial charge in [-0.1, -0.05) is 29.8 Å². The van der Waals surface area contributed by atoms with Gasteiger partial charge in [-0.25, -0.2) is 4.98 Å². The van der Waals surface area contributed by atoms with E-state index in [1.165, 1.54) is 20.2 Å². The summed E-state index contributed by atoms with van der Waals surface area (Å²) in [5.41, 5.74) is 7.57. The second kappa shape index (κ2) is 10.0. The van der Waals surface area contributed by atoms with Crippen molar-refractivity contribution in [3.8, 4) is 5.75 Å². The molecule has 1 aromatic heterocycles. The summed E-state index contributed by atoms with van der Waals surface area (Å²) >= 11 is 6.40. The van der Waals surface area contributed by atoms with Crippen LogP contribution in [0.5, 0.6) is 5.75 Å². The van der Waals surface area contributed by atoms with Crippen LogP contribution in [0.4, 0.5) is 17.5 Å². The van der Waals surface area contributed by atoms with E-state index >= 15 is 0 Å². The fourth-order valence-corrected chi connectivity index (χ4v) is 5.98. The number of ether oxygens (including phenoxy) is 1. The first-order valence-electron chi connectivity index (χ1n) is 12.3. The normalized spacial score (nSPS) is 25.8. The van der Waals surface area contributed by atoms with Gasteiger partial charge in [-0.05, 0) is 42.7 Å². The number of nitrogens with one attached hydrogen (secondary N) is 3. The lowest BCUT2D eigenvalue weighted by atomic mass is 9.88. The van der Waals surface area contributed by atoms with Gasteiger partial charge in [-0.3, -0.25) is 14.4 Å². The highest BCUT2D eigenvalue weighted by Crippen LogP contribution is 2.45. The number of hydrogen-bond donors (Lipinski definition) is 4. The van der Waals surface area contributed by atoms with Crippen molar-refractivity contribution in [2.45, 2.75) is 44.7 Å². The number of aromatic nitrogens is 2.